The third-order valence-electron chi connectivity index (χ3n) is 6.28. The second-order valence-corrected chi connectivity index (χ2v) is 8.48. The minimum atomic E-state index is -1.74. The van der Waals surface area contributed by atoms with Gasteiger partial charge in [-0.3, -0.25) is 19.8 Å². The lowest BCUT2D eigenvalue weighted by molar-refractivity contribution is -0.150. The Labute approximate surface area is 202 Å². The molecular formula is C25H28N4O6. The van der Waals surface area contributed by atoms with Crippen molar-refractivity contribution >= 4 is 35.0 Å². The summed E-state index contributed by atoms with van der Waals surface area (Å²) in [4.78, 5) is 41.4. The second-order valence-electron chi connectivity index (χ2n) is 8.48. The highest BCUT2D eigenvalue weighted by Gasteiger charge is 2.40. The lowest BCUT2D eigenvalue weighted by Crippen LogP contribution is -2.55. The molecule has 0 unspecified atom stereocenters. The van der Waals surface area contributed by atoms with Gasteiger partial charge < -0.3 is 29.7 Å². The molecule has 0 radical (unpaired) electrons. The number of hydrogen-bond donors (Lipinski definition) is 3. The van der Waals surface area contributed by atoms with E-state index in [0.717, 1.165) is 11.1 Å². The van der Waals surface area contributed by atoms with E-state index in [0.29, 0.717) is 35.5 Å². The summed E-state index contributed by atoms with van der Waals surface area (Å²) in [6, 6.07) is 10.2. The van der Waals surface area contributed by atoms with E-state index >= 15 is 0 Å². The van der Waals surface area contributed by atoms with Crippen molar-refractivity contribution in [2.75, 3.05) is 37.5 Å². The molecule has 35 heavy (non-hydrogen) atoms. The van der Waals surface area contributed by atoms with Crippen LogP contribution in [0.5, 0.6) is 0 Å². The number of rotatable bonds is 6. The summed E-state index contributed by atoms with van der Waals surface area (Å²) in [6.45, 7) is 2.77. The molecule has 2 aliphatic heterocycles. The Hall–Kier alpha value is -3.76. The van der Waals surface area contributed by atoms with Crippen LogP contribution in [0.25, 0.3) is 0 Å². The smallest absolute Gasteiger partial charge is 0.259 e. The number of aliphatic hydroxyl groups is 1. The summed E-state index contributed by atoms with van der Waals surface area (Å²) >= 11 is 0. The molecule has 3 amide bonds. The maximum Gasteiger partial charge on any atom is 0.259 e. The molecule has 0 aliphatic carbocycles. The molecule has 2 heterocycles. The van der Waals surface area contributed by atoms with Gasteiger partial charge in [-0.1, -0.05) is 13.0 Å². The summed E-state index contributed by atoms with van der Waals surface area (Å²) in [6.07, 6.45) is -2.56. The fourth-order valence-corrected chi connectivity index (χ4v) is 4.30. The average molecular weight is 481 g/mol. The number of carbonyl (C=O) groups excluding carboxylic acids is 3. The number of hydrogen-bond acceptors (Lipinski definition) is 7. The predicted octanol–water partition coefficient (Wildman–Crippen LogP) is 1.54. The number of morpholine rings is 1. The maximum absolute atomic E-state index is 13.2. The van der Waals surface area contributed by atoms with Crippen molar-refractivity contribution in [1.29, 1.82) is 5.41 Å². The van der Waals surface area contributed by atoms with Crippen LogP contribution < -0.4 is 10.2 Å². The molecule has 0 saturated carbocycles. The summed E-state index contributed by atoms with van der Waals surface area (Å²) in [7, 11) is 3.12. The van der Waals surface area contributed by atoms with Crippen molar-refractivity contribution in [3.8, 4) is 0 Å². The van der Waals surface area contributed by atoms with Gasteiger partial charge in [-0.2, -0.15) is 0 Å². The van der Waals surface area contributed by atoms with Gasteiger partial charge in [-0.25, -0.2) is 0 Å². The molecule has 2 aliphatic rings. The highest BCUT2D eigenvalue weighted by Crippen LogP contribution is 2.28. The van der Waals surface area contributed by atoms with Gasteiger partial charge in [0.2, 0.25) is 5.90 Å². The van der Waals surface area contributed by atoms with E-state index in [2.05, 4.69) is 5.32 Å². The zero-order valence-electron chi connectivity index (χ0n) is 19.8. The van der Waals surface area contributed by atoms with Gasteiger partial charge in [-0.15, -0.1) is 0 Å². The van der Waals surface area contributed by atoms with Crippen molar-refractivity contribution in [3.63, 3.8) is 0 Å². The predicted molar refractivity (Wildman–Crippen MR) is 129 cm³/mol. The van der Waals surface area contributed by atoms with Crippen molar-refractivity contribution in [3.05, 3.63) is 58.7 Å². The van der Waals surface area contributed by atoms with Crippen LogP contribution in [0.15, 0.2) is 36.4 Å². The normalized spacial score (nSPS) is 18.3. The maximum atomic E-state index is 13.2. The number of aryl methyl sites for hydroxylation is 1. The molecular weight excluding hydrogens is 452 g/mol. The molecule has 10 nitrogen and oxygen atoms in total. The fraction of sp³-hybridized carbons (Fsp3) is 0.360. The van der Waals surface area contributed by atoms with E-state index in [9.17, 15) is 19.5 Å². The standard InChI is InChI=1S/C25H28N4O6/c1-4-14-11-15(22(26)34-3)6-8-19(14)27-23(31)20(30)21-25(33)29(9-10-35-21)17-7-5-16-13-28(2)24(32)18(16)12-17/h5-8,11-12,20-21,26,30H,4,9-10,13H2,1-3H3,(H,27,31)/t20-,21-/m1/s1. The Morgan fingerprint density at radius 2 is 2.06 bits per heavy atom. The molecule has 2 atom stereocenters. The number of carbonyl (C=O) groups is 3. The highest BCUT2D eigenvalue weighted by atomic mass is 16.5. The zero-order chi connectivity index (χ0) is 25.3. The quantitative estimate of drug-likeness (QED) is 0.424. The Morgan fingerprint density at radius 3 is 2.77 bits per heavy atom. The molecule has 2 aromatic rings. The molecule has 3 N–H and O–H groups in total. The van der Waals surface area contributed by atoms with Crippen LogP contribution >= 0.6 is 0 Å². The highest BCUT2D eigenvalue weighted by molar-refractivity contribution is 6.05. The molecule has 4 rings (SSSR count). The van der Waals surface area contributed by atoms with Crippen molar-refractivity contribution in [2.45, 2.75) is 32.1 Å². The first-order valence-electron chi connectivity index (χ1n) is 11.3. The van der Waals surface area contributed by atoms with Crippen molar-refractivity contribution in [1.82, 2.24) is 4.90 Å². The van der Waals surface area contributed by atoms with E-state index in [-0.39, 0.29) is 25.0 Å². The number of aliphatic hydroxyl groups excluding tert-OH is 1. The van der Waals surface area contributed by atoms with Crippen molar-refractivity contribution in [2.24, 2.45) is 0 Å². The summed E-state index contributed by atoms with van der Waals surface area (Å²) in [5, 5.41) is 21.2. The number of fused-ring (bicyclic) bond motifs is 1. The minimum Gasteiger partial charge on any atom is -0.481 e. The third kappa shape index (κ3) is 4.62. The SMILES string of the molecule is CCc1cc(C(=N)OC)ccc1NC(=O)[C@H](O)[C@H]1OCCN(c2ccc3c(c2)C(=O)N(C)C3)C1=O. The third-order valence-corrected chi connectivity index (χ3v) is 6.28. The van der Waals surface area contributed by atoms with Crippen LogP contribution in [0.4, 0.5) is 11.4 Å². The van der Waals surface area contributed by atoms with Crippen molar-refractivity contribution < 1.29 is 29.0 Å². The topological polar surface area (TPSA) is 132 Å². The largest absolute Gasteiger partial charge is 0.481 e. The summed E-state index contributed by atoms with van der Waals surface area (Å²) < 4.78 is 10.4. The van der Waals surface area contributed by atoms with Crippen LogP contribution in [-0.2, 0) is 32.0 Å². The van der Waals surface area contributed by atoms with Gasteiger partial charge in [0, 0.05) is 42.6 Å². The molecule has 184 valence electrons. The number of amides is 3. The van der Waals surface area contributed by atoms with Crippen LogP contribution in [0.2, 0.25) is 0 Å². The summed E-state index contributed by atoms with van der Waals surface area (Å²) in [5.74, 6) is -1.45. The zero-order valence-corrected chi connectivity index (χ0v) is 19.8. The molecule has 1 fully saturated rings. The lowest BCUT2D eigenvalue weighted by atomic mass is 10.0. The number of benzene rings is 2. The van der Waals surface area contributed by atoms with Gasteiger partial charge in [0.25, 0.3) is 17.7 Å². The van der Waals surface area contributed by atoms with Gasteiger partial charge in [0.05, 0.1) is 13.7 Å². The van der Waals surface area contributed by atoms with E-state index in [1.54, 1.807) is 42.3 Å². The first kappa shape index (κ1) is 24.4. The molecule has 2 aromatic carbocycles. The van der Waals surface area contributed by atoms with Gasteiger partial charge in [-0.05, 0) is 47.9 Å². The number of methoxy groups -OCH3 is 1. The lowest BCUT2D eigenvalue weighted by Gasteiger charge is -2.34. The van der Waals surface area contributed by atoms with Crippen LogP contribution in [-0.4, -0.2) is 73.1 Å². The molecule has 1 saturated heterocycles. The Kier molecular flexibility index (Phi) is 6.86. The van der Waals surface area contributed by atoms with Crippen LogP contribution in [0, 0.1) is 5.41 Å². The number of nitrogens with zero attached hydrogens (tertiary/aromatic N) is 2. The van der Waals surface area contributed by atoms with E-state index in [1.165, 1.54) is 12.0 Å². The van der Waals surface area contributed by atoms with E-state index < -0.39 is 24.0 Å². The first-order valence-corrected chi connectivity index (χ1v) is 11.3. The Balaban J connectivity index is 1.50. The fourth-order valence-electron chi connectivity index (χ4n) is 4.30. The molecule has 0 bridgehead atoms. The number of ether oxygens (including phenoxy) is 2. The van der Waals surface area contributed by atoms with Crippen LogP contribution in [0.1, 0.15) is 34.0 Å². The Morgan fingerprint density at radius 1 is 1.29 bits per heavy atom. The number of nitrogens with one attached hydrogen (secondary N) is 2. The van der Waals surface area contributed by atoms with Gasteiger partial charge in [0.15, 0.2) is 12.2 Å². The Bertz CT molecular complexity index is 1200. The minimum absolute atomic E-state index is 0.00111. The first-order chi connectivity index (χ1) is 16.7. The summed E-state index contributed by atoms with van der Waals surface area (Å²) in [5.41, 5.74) is 3.71. The second kappa shape index (κ2) is 9.85. The van der Waals surface area contributed by atoms with E-state index in [1.807, 2.05) is 13.0 Å². The van der Waals surface area contributed by atoms with Crippen LogP contribution in [0.3, 0.4) is 0 Å². The van der Waals surface area contributed by atoms with E-state index in [4.69, 9.17) is 14.9 Å². The number of anilines is 2. The van der Waals surface area contributed by atoms with Gasteiger partial charge >= 0.3 is 0 Å². The molecule has 10 heteroatoms. The van der Waals surface area contributed by atoms with Gasteiger partial charge in [0.1, 0.15) is 0 Å². The molecule has 0 spiro atoms. The monoisotopic (exact) mass is 480 g/mol. The molecule has 0 aromatic heterocycles. The average Bonchev–Trinajstić information content (AvgIpc) is 3.16.